The number of esters is 2. The van der Waals surface area contributed by atoms with Crippen molar-refractivity contribution in [3.63, 3.8) is 0 Å². The lowest BCUT2D eigenvalue weighted by Crippen LogP contribution is -2.40. The van der Waals surface area contributed by atoms with Crippen molar-refractivity contribution in [2.24, 2.45) is 5.41 Å². The minimum atomic E-state index is -1.68. The van der Waals surface area contributed by atoms with Crippen molar-refractivity contribution in [1.82, 2.24) is 0 Å². The highest BCUT2D eigenvalue weighted by molar-refractivity contribution is 6.00. The van der Waals surface area contributed by atoms with E-state index in [2.05, 4.69) is 61.2 Å². The van der Waals surface area contributed by atoms with E-state index in [9.17, 15) is 9.59 Å². The first-order valence-electron chi connectivity index (χ1n) is 11.3. The Balaban J connectivity index is 2.20. The van der Waals surface area contributed by atoms with Crippen LogP contribution in [0.2, 0.25) is 0 Å². The molecule has 0 heterocycles. The second-order valence-corrected chi connectivity index (χ2v) is 7.62. The minimum Gasteiger partial charge on any atom is -0.468 e. The molecule has 2 aromatic carbocycles. The number of hydrogen-bond acceptors (Lipinski definition) is 4. The monoisotopic (exact) mass is 464 g/mol. The van der Waals surface area contributed by atoms with E-state index in [-0.39, 0.29) is 12.8 Å². The normalized spacial score (nSPS) is 9.49. The van der Waals surface area contributed by atoms with Gasteiger partial charge in [0.05, 0.1) is 14.2 Å². The molecular formula is C31H28O4. The Hall–Kier alpha value is -4.38. The van der Waals surface area contributed by atoms with Crippen LogP contribution in [0.3, 0.4) is 0 Å². The van der Waals surface area contributed by atoms with Gasteiger partial charge in [0.15, 0.2) is 5.41 Å². The van der Waals surface area contributed by atoms with Gasteiger partial charge in [-0.1, -0.05) is 61.8 Å². The van der Waals surface area contributed by atoms with Crippen LogP contribution in [-0.2, 0) is 31.9 Å². The molecule has 0 radical (unpaired) electrons. The van der Waals surface area contributed by atoms with E-state index in [1.165, 1.54) is 25.3 Å². The molecule has 0 unspecified atom stereocenters. The largest absolute Gasteiger partial charge is 0.468 e. The molecule has 0 bridgehead atoms. The molecule has 0 saturated carbocycles. The van der Waals surface area contributed by atoms with Gasteiger partial charge in [-0.05, 0) is 71.9 Å². The van der Waals surface area contributed by atoms with Crippen molar-refractivity contribution in [2.75, 3.05) is 14.2 Å². The topological polar surface area (TPSA) is 52.6 Å². The number of rotatable bonds is 6. The van der Waals surface area contributed by atoms with E-state index >= 15 is 0 Å². The first-order chi connectivity index (χ1) is 17.0. The van der Waals surface area contributed by atoms with Crippen LogP contribution in [-0.4, -0.2) is 26.2 Å². The van der Waals surface area contributed by atoms with Crippen LogP contribution in [0.5, 0.6) is 0 Å². The molecule has 0 spiro atoms. The van der Waals surface area contributed by atoms with E-state index in [1.807, 2.05) is 48.5 Å². The molecule has 2 aromatic rings. The standard InChI is InChI=1S/C31H28O4/c1-5-25-15-19-27(20-16-25)13-9-7-11-23-31(29(32)34-3,30(33)35-4)24-12-8-10-14-28-21-17-26(6-2)18-22-28/h15-22H,5-6,23-24H2,1-4H3. The maximum absolute atomic E-state index is 12.6. The highest BCUT2D eigenvalue weighted by Gasteiger charge is 2.47. The molecule has 0 fully saturated rings. The summed E-state index contributed by atoms with van der Waals surface area (Å²) in [6, 6.07) is 15.8. The predicted octanol–water partition coefficient (Wildman–Crippen LogP) is 4.33. The Morgan fingerprint density at radius 2 is 1.03 bits per heavy atom. The van der Waals surface area contributed by atoms with Crippen molar-refractivity contribution in [1.29, 1.82) is 0 Å². The number of hydrogen-bond donors (Lipinski definition) is 0. The molecule has 0 saturated heterocycles. The minimum absolute atomic E-state index is 0.142. The molecule has 0 aliphatic rings. The summed E-state index contributed by atoms with van der Waals surface area (Å²) in [5, 5.41) is 0. The van der Waals surface area contributed by atoms with Gasteiger partial charge in [-0.25, -0.2) is 0 Å². The fourth-order valence-electron chi connectivity index (χ4n) is 3.16. The number of carbonyl (C=O) groups excluding carboxylic acids is 2. The molecule has 35 heavy (non-hydrogen) atoms. The SMILES string of the molecule is CCc1ccc(C#CC#CCC(CC#CC#Cc2ccc(CC)cc2)(C(=O)OC)C(=O)OC)cc1. The summed E-state index contributed by atoms with van der Waals surface area (Å²) < 4.78 is 9.78. The van der Waals surface area contributed by atoms with Crippen LogP contribution >= 0.6 is 0 Å². The lowest BCUT2D eigenvalue weighted by molar-refractivity contribution is -0.168. The smallest absolute Gasteiger partial charge is 0.325 e. The average Bonchev–Trinajstić information content (AvgIpc) is 2.91. The maximum atomic E-state index is 12.6. The summed E-state index contributed by atoms with van der Waals surface area (Å²) in [4.78, 5) is 25.2. The van der Waals surface area contributed by atoms with Crippen LogP contribution in [0.1, 0.15) is 48.9 Å². The molecular weight excluding hydrogens is 436 g/mol. The molecule has 0 aromatic heterocycles. The molecule has 0 atom stereocenters. The highest BCUT2D eigenvalue weighted by atomic mass is 16.5. The zero-order valence-electron chi connectivity index (χ0n) is 20.6. The summed E-state index contributed by atoms with van der Waals surface area (Å²) in [6.07, 6.45) is 1.63. The van der Waals surface area contributed by atoms with Gasteiger partial charge < -0.3 is 9.47 Å². The maximum Gasteiger partial charge on any atom is 0.325 e. The quantitative estimate of drug-likeness (QED) is 0.363. The van der Waals surface area contributed by atoms with Crippen LogP contribution in [0.15, 0.2) is 48.5 Å². The van der Waals surface area contributed by atoms with Crippen LogP contribution in [0, 0.1) is 52.8 Å². The van der Waals surface area contributed by atoms with Crippen LogP contribution in [0.4, 0.5) is 0 Å². The summed E-state index contributed by atoms with van der Waals surface area (Å²) in [6.45, 7) is 4.17. The third-order valence-corrected chi connectivity index (χ3v) is 5.37. The van der Waals surface area contributed by atoms with Gasteiger partial charge in [0, 0.05) is 24.0 Å². The Kier molecular flexibility index (Phi) is 10.8. The number of methoxy groups -OCH3 is 2. The first-order valence-corrected chi connectivity index (χ1v) is 11.3. The van der Waals surface area contributed by atoms with Gasteiger partial charge >= 0.3 is 11.9 Å². The Labute approximate surface area is 208 Å². The van der Waals surface area contributed by atoms with Gasteiger partial charge in [0.25, 0.3) is 0 Å². The third kappa shape index (κ3) is 7.86. The predicted molar refractivity (Wildman–Crippen MR) is 137 cm³/mol. The zero-order chi connectivity index (χ0) is 25.5. The van der Waals surface area contributed by atoms with E-state index in [4.69, 9.17) is 9.47 Å². The van der Waals surface area contributed by atoms with Crippen LogP contribution in [0.25, 0.3) is 0 Å². The Morgan fingerprint density at radius 1 is 0.657 bits per heavy atom. The number of aryl methyl sites for hydroxylation is 2. The Bertz CT molecular complexity index is 1170. The number of benzene rings is 2. The number of ether oxygens (including phenoxy) is 2. The van der Waals surface area contributed by atoms with Crippen molar-refractivity contribution in [3.8, 4) is 47.4 Å². The average molecular weight is 465 g/mol. The van der Waals surface area contributed by atoms with Gasteiger partial charge in [-0.15, -0.1) is 0 Å². The van der Waals surface area contributed by atoms with Crippen molar-refractivity contribution < 1.29 is 19.1 Å². The highest BCUT2D eigenvalue weighted by Crippen LogP contribution is 2.29. The Morgan fingerprint density at radius 3 is 1.34 bits per heavy atom. The van der Waals surface area contributed by atoms with Gasteiger partial charge in [0.1, 0.15) is 0 Å². The lowest BCUT2D eigenvalue weighted by Gasteiger charge is -2.23. The van der Waals surface area contributed by atoms with E-state index in [0.29, 0.717) is 0 Å². The van der Waals surface area contributed by atoms with Crippen molar-refractivity contribution >= 4 is 11.9 Å². The molecule has 0 N–H and O–H groups in total. The van der Waals surface area contributed by atoms with Crippen molar-refractivity contribution in [3.05, 3.63) is 70.8 Å². The van der Waals surface area contributed by atoms with Gasteiger partial charge in [0.2, 0.25) is 0 Å². The van der Waals surface area contributed by atoms with Crippen LogP contribution < -0.4 is 0 Å². The van der Waals surface area contributed by atoms with E-state index < -0.39 is 17.4 Å². The fraction of sp³-hybridized carbons (Fsp3) is 0.290. The lowest BCUT2D eigenvalue weighted by atomic mass is 9.81. The molecule has 2 rings (SSSR count). The zero-order valence-corrected chi connectivity index (χ0v) is 20.6. The summed E-state index contributed by atoms with van der Waals surface area (Å²) in [5.74, 6) is 20.9. The van der Waals surface area contributed by atoms with Crippen molar-refractivity contribution in [2.45, 2.75) is 39.5 Å². The van der Waals surface area contributed by atoms with Gasteiger partial charge in [-0.3, -0.25) is 9.59 Å². The van der Waals surface area contributed by atoms with E-state index in [1.54, 1.807) is 0 Å². The first kappa shape index (κ1) is 26.9. The molecule has 4 heteroatoms. The second kappa shape index (κ2) is 14.0. The van der Waals surface area contributed by atoms with Gasteiger partial charge in [-0.2, -0.15) is 0 Å². The third-order valence-electron chi connectivity index (χ3n) is 5.37. The van der Waals surface area contributed by atoms with E-state index in [0.717, 1.165) is 24.0 Å². The fourth-order valence-corrected chi connectivity index (χ4v) is 3.16. The summed E-state index contributed by atoms with van der Waals surface area (Å²) >= 11 is 0. The number of carbonyl (C=O) groups is 2. The molecule has 0 aliphatic heterocycles. The molecule has 4 nitrogen and oxygen atoms in total. The second-order valence-electron chi connectivity index (χ2n) is 7.62. The summed E-state index contributed by atoms with van der Waals surface area (Å²) in [7, 11) is 2.42. The summed E-state index contributed by atoms with van der Waals surface area (Å²) in [5.41, 5.74) is 2.43. The molecule has 0 amide bonds. The molecule has 176 valence electrons. The molecule has 0 aliphatic carbocycles.